The second-order valence-electron chi connectivity index (χ2n) is 6.38. The van der Waals surface area contributed by atoms with Crippen LogP contribution in [0.2, 0.25) is 0 Å². The van der Waals surface area contributed by atoms with Crippen LogP contribution in [0.5, 0.6) is 5.75 Å². The fourth-order valence-electron chi connectivity index (χ4n) is 3.57. The molecule has 2 heteroatoms. The van der Waals surface area contributed by atoms with Gasteiger partial charge in [0.1, 0.15) is 11.9 Å². The molecule has 2 atom stereocenters. The van der Waals surface area contributed by atoms with E-state index in [4.69, 9.17) is 4.74 Å². The predicted octanol–water partition coefficient (Wildman–Crippen LogP) is 3.66. The molecule has 0 saturated carbocycles. The monoisotopic (exact) mass is 259 g/mol. The van der Waals surface area contributed by atoms with Crippen LogP contribution in [-0.4, -0.2) is 18.2 Å². The largest absolute Gasteiger partial charge is 0.490 e. The first-order valence-electron chi connectivity index (χ1n) is 7.62. The summed E-state index contributed by atoms with van der Waals surface area (Å²) in [5, 5.41) is 3.72. The molecular weight excluding hydrogens is 234 g/mol. The summed E-state index contributed by atoms with van der Waals surface area (Å²) >= 11 is 0. The molecule has 0 aliphatic carbocycles. The van der Waals surface area contributed by atoms with Crippen molar-refractivity contribution in [1.29, 1.82) is 0 Å². The van der Waals surface area contributed by atoms with Crippen molar-refractivity contribution in [2.75, 3.05) is 0 Å². The maximum absolute atomic E-state index is 6.27. The standard InChI is InChI=1S/C17H25NO/c1-11-7-16(8-12(2)13(11)3)19-17-9-14-5-4-6-15(10-17)18-14/h7-8,14-15,17-18H,4-6,9-10H2,1-3H3. The summed E-state index contributed by atoms with van der Waals surface area (Å²) < 4.78 is 6.27. The van der Waals surface area contributed by atoms with Gasteiger partial charge in [-0.25, -0.2) is 0 Å². The van der Waals surface area contributed by atoms with Gasteiger partial charge in [0.2, 0.25) is 0 Å². The zero-order valence-corrected chi connectivity index (χ0v) is 12.3. The highest BCUT2D eigenvalue weighted by atomic mass is 16.5. The molecule has 0 radical (unpaired) electrons. The van der Waals surface area contributed by atoms with Crippen molar-refractivity contribution in [2.24, 2.45) is 0 Å². The molecule has 0 aromatic heterocycles. The molecule has 1 aromatic carbocycles. The number of ether oxygens (including phenoxy) is 1. The maximum Gasteiger partial charge on any atom is 0.120 e. The van der Waals surface area contributed by atoms with E-state index in [0.717, 1.165) is 5.75 Å². The lowest BCUT2D eigenvalue weighted by molar-refractivity contribution is 0.0926. The molecule has 2 nitrogen and oxygen atoms in total. The molecule has 104 valence electrons. The van der Waals surface area contributed by atoms with Crippen molar-refractivity contribution in [3.63, 3.8) is 0 Å². The Hall–Kier alpha value is -1.02. The van der Waals surface area contributed by atoms with Gasteiger partial charge in [-0.15, -0.1) is 0 Å². The van der Waals surface area contributed by atoms with Gasteiger partial charge in [0.25, 0.3) is 0 Å². The fourth-order valence-corrected chi connectivity index (χ4v) is 3.57. The van der Waals surface area contributed by atoms with Crippen LogP contribution in [-0.2, 0) is 0 Å². The molecular formula is C17H25NO. The third-order valence-corrected chi connectivity index (χ3v) is 4.87. The van der Waals surface area contributed by atoms with Gasteiger partial charge >= 0.3 is 0 Å². The van der Waals surface area contributed by atoms with E-state index in [1.165, 1.54) is 48.8 Å². The Morgan fingerprint density at radius 1 is 1.00 bits per heavy atom. The van der Waals surface area contributed by atoms with Crippen LogP contribution in [0, 0.1) is 20.8 Å². The normalized spacial score (nSPS) is 30.2. The second kappa shape index (κ2) is 5.16. The molecule has 2 aliphatic heterocycles. The quantitative estimate of drug-likeness (QED) is 0.875. The number of rotatable bonds is 2. The van der Waals surface area contributed by atoms with Crippen molar-refractivity contribution in [3.8, 4) is 5.75 Å². The van der Waals surface area contributed by atoms with Crippen LogP contribution < -0.4 is 10.1 Å². The van der Waals surface area contributed by atoms with E-state index in [1.54, 1.807) is 0 Å². The Morgan fingerprint density at radius 2 is 1.58 bits per heavy atom. The SMILES string of the molecule is Cc1cc(OC2CC3CCCC(C2)N3)cc(C)c1C. The highest BCUT2D eigenvalue weighted by Gasteiger charge is 2.32. The fraction of sp³-hybridized carbons (Fsp3) is 0.647. The maximum atomic E-state index is 6.27. The number of fused-ring (bicyclic) bond motifs is 2. The summed E-state index contributed by atoms with van der Waals surface area (Å²) in [5.74, 6) is 1.06. The second-order valence-corrected chi connectivity index (χ2v) is 6.38. The third kappa shape index (κ3) is 2.79. The van der Waals surface area contributed by atoms with E-state index in [2.05, 4.69) is 38.2 Å². The first-order chi connectivity index (χ1) is 9.11. The van der Waals surface area contributed by atoms with Gasteiger partial charge in [0, 0.05) is 12.1 Å². The lowest BCUT2D eigenvalue weighted by atomic mass is 9.85. The molecule has 19 heavy (non-hydrogen) atoms. The summed E-state index contributed by atoms with van der Waals surface area (Å²) in [5.41, 5.74) is 4.06. The van der Waals surface area contributed by atoms with Crippen LogP contribution in [0.1, 0.15) is 48.8 Å². The van der Waals surface area contributed by atoms with Gasteiger partial charge < -0.3 is 10.1 Å². The number of hydrogen-bond donors (Lipinski definition) is 1. The van der Waals surface area contributed by atoms with Gasteiger partial charge in [-0.1, -0.05) is 6.42 Å². The summed E-state index contributed by atoms with van der Waals surface area (Å²) in [7, 11) is 0. The molecule has 2 saturated heterocycles. The summed E-state index contributed by atoms with van der Waals surface area (Å²) in [6.45, 7) is 6.53. The average molecular weight is 259 g/mol. The smallest absolute Gasteiger partial charge is 0.120 e. The van der Waals surface area contributed by atoms with Crippen molar-refractivity contribution in [1.82, 2.24) is 5.32 Å². The molecule has 2 fully saturated rings. The van der Waals surface area contributed by atoms with Crippen LogP contribution in [0.3, 0.4) is 0 Å². The zero-order chi connectivity index (χ0) is 13.4. The van der Waals surface area contributed by atoms with Gasteiger partial charge in [-0.05, 0) is 75.3 Å². The zero-order valence-electron chi connectivity index (χ0n) is 12.3. The van der Waals surface area contributed by atoms with Gasteiger partial charge in [-0.2, -0.15) is 0 Å². The topological polar surface area (TPSA) is 21.3 Å². The van der Waals surface area contributed by atoms with Gasteiger partial charge in [-0.3, -0.25) is 0 Å². The Morgan fingerprint density at radius 3 is 2.16 bits per heavy atom. The number of piperidine rings is 2. The first-order valence-corrected chi connectivity index (χ1v) is 7.62. The summed E-state index contributed by atoms with van der Waals surface area (Å²) in [6.07, 6.45) is 6.77. The van der Waals surface area contributed by atoms with Crippen molar-refractivity contribution in [3.05, 3.63) is 28.8 Å². The Balaban J connectivity index is 1.71. The van der Waals surface area contributed by atoms with E-state index < -0.39 is 0 Å². The lowest BCUT2D eigenvalue weighted by Gasteiger charge is -2.40. The van der Waals surface area contributed by atoms with Crippen molar-refractivity contribution < 1.29 is 4.74 Å². The highest BCUT2D eigenvalue weighted by Crippen LogP contribution is 2.30. The first kappa shape index (κ1) is 13.0. The molecule has 2 aliphatic rings. The number of aryl methyl sites for hydroxylation is 2. The highest BCUT2D eigenvalue weighted by molar-refractivity contribution is 5.40. The van der Waals surface area contributed by atoms with Crippen molar-refractivity contribution in [2.45, 2.75) is 71.1 Å². The number of nitrogens with one attached hydrogen (secondary N) is 1. The van der Waals surface area contributed by atoms with Gasteiger partial charge in [0.15, 0.2) is 0 Å². The van der Waals surface area contributed by atoms with E-state index in [9.17, 15) is 0 Å². The van der Waals surface area contributed by atoms with Gasteiger partial charge in [0.05, 0.1) is 0 Å². The van der Waals surface area contributed by atoms with Crippen LogP contribution in [0.4, 0.5) is 0 Å². The van der Waals surface area contributed by atoms with Crippen molar-refractivity contribution >= 4 is 0 Å². The van der Waals surface area contributed by atoms with E-state index in [-0.39, 0.29) is 0 Å². The minimum atomic E-state index is 0.401. The minimum absolute atomic E-state index is 0.401. The summed E-state index contributed by atoms with van der Waals surface area (Å²) in [6, 6.07) is 5.76. The predicted molar refractivity (Wildman–Crippen MR) is 78.9 cm³/mol. The lowest BCUT2D eigenvalue weighted by Crippen LogP contribution is -2.51. The molecule has 2 unspecified atom stereocenters. The molecule has 1 N–H and O–H groups in total. The molecule has 2 bridgehead atoms. The number of hydrogen-bond acceptors (Lipinski definition) is 2. The Bertz CT molecular complexity index is 433. The average Bonchev–Trinajstić information content (AvgIpc) is 2.35. The Labute approximate surface area is 116 Å². The van der Waals surface area contributed by atoms with E-state index >= 15 is 0 Å². The van der Waals surface area contributed by atoms with E-state index in [0.29, 0.717) is 18.2 Å². The molecule has 1 aromatic rings. The molecule has 3 rings (SSSR count). The molecule has 0 amide bonds. The van der Waals surface area contributed by atoms with Crippen LogP contribution >= 0.6 is 0 Å². The molecule has 0 spiro atoms. The summed E-state index contributed by atoms with van der Waals surface area (Å²) in [4.78, 5) is 0. The molecule has 2 heterocycles. The minimum Gasteiger partial charge on any atom is -0.490 e. The van der Waals surface area contributed by atoms with E-state index in [1.807, 2.05) is 0 Å². The Kier molecular flexibility index (Phi) is 3.53. The number of benzene rings is 1. The van der Waals surface area contributed by atoms with Crippen LogP contribution in [0.15, 0.2) is 12.1 Å². The third-order valence-electron chi connectivity index (χ3n) is 4.87. The van der Waals surface area contributed by atoms with Crippen LogP contribution in [0.25, 0.3) is 0 Å².